The van der Waals surface area contributed by atoms with E-state index in [0.717, 1.165) is 18.8 Å². The summed E-state index contributed by atoms with van der Waals surface area (Å²) in [5, 5.41) is 3.28. The molecule has 2 heteroatoms. The number of hydrogen-bond donors (Lipinski definition) is 1. The van der Waals surface area contributed by atoms with Crippen molar-refractivity contribution >= 4 is 0 Å². The summed E-state index contributed by atoms with van der Waals surface area (Å²) in [6, 6.07) is 6.75. The fourth-order valence-corrected chi connectivity index (χ4v) is 2.00. The van der Waals surface area contributed by atoms with E-state index in [1.807, 2.05) is 7.05 Å². The Labute approximate surface area is 112 Å². The highest BCUT2D eigenvalue weighted by Crippen LogP contribution is 2.26. The van der Waals surface area contributed by atoms with Gasteiger partial charge in [0, 0.05) is 11.6 Å². The molecule has 1 aromatic carbocycles. The number of rotatable bonds is 8. The van der Waals surface area contributed by atoms with Crippen molar-refractivity contribution in [3.63, 3.8) is 0 Å². The van der Waals surface area contributed by atoms with Crippen LogP contribution in [0.5, 0.6) is 5.75 Å². The molecule has 0 spiro atoms. The molecule has 102 valence electrons. The van der Waals surface area contributed by atoms with Gasteiger partial charge >= 0.3 is 0 Å². The molecule has 0 saturated heterocycles. The molecule has 0 bridgehead atoms. The van der Waals surface area contributed by atoms with Crippen LogP contribution >= 0.6 is 0 Å². The second-order valence-electron chi connectivity index (χ2n) is 4.96. The largest absolute Gasteiger partial charge is 0.493 e. The third-order valence-corrected chi connectivity index (χ3v) is 3.32. The molecule has 0 fully saturated rings. The van der Waals surface area contributed by atoms with Crippen molar-refractivity contribution in [1.82, 2.24) is 5.32 Å². The van der Waals surface area contributed by atoms with Crippen molar-refractivity contribution in [2.24, 2.45) is 0 Å². The van der Waals surface area contributed by atoms with Gasteiger partial charge in [-0.15, -0.1) is 0 Å². The van der Waals surface area contributed by atoms with Crippen molar-refractivity contribution in [1.29, 1.82) is 0 Å². The average Bonchev–Trinajstić information content (AvgIpc) is 2.39. The van der Waals surface area contributed by atoms with Crippen LogP contribution in [0.15, 0.2) is 18.2 Å². The minimum absolute atomic E-state index is 0.329. The van der Waals surface area contributed by atoms with Gasteiger partial charge in [0.05, 0.1) is 6.61 Å². The third-order valence-electron chi connectivity index (χ3n) is 3.32. The van der Waals surface area contributed by atoms with Gasteiger partial charge in [0.25, 0.3) is 0 Å². The number of unbranched alkanes of at least 4 members (excludes halogenated alkanes) is 3. The van der Waals surface area contributed by atoms with Gasteiger partial charge in [0.1, 0.15) is 5.75 Å². The lowest BCUT2D eigenvalue weighted by atomic mass is 10.0. The van der Waals surface area contributed by atoms with Crippen LogP contribution < -0.4 is 10.1 Å². The van der Waals surface area contributed by atoms with Crippen molar-refractivity contribution in [2.45, 2.75) is 52.5 Å². The van der Waals surface area contributed by atoms with Gasteiger partial charge in [0.15, 0.2) is 0 Å². The minimum atomic E-state index is 0.329. The molecule has 1 N–H and O–H groups in total. The molecule has 0 amide bonds. The van der Waals surface area contributed by atoms with E-state index >= 15 is 0 Å². The van der Waals surface area contributed by atoms with Crippen molar-refractivity contribution in [3.05, 3.63) is 29.3 Å². The quantitative estimate of drug-likeness (QED) is 0.696. The molecule has 1 atom stereocenters. The minimum Gasteiger partial charge on any atom is -0.493 e. The zero-order valence-electron chi connectivity index (χ0n) is 12.3. The monoisotopic (exact) mass is 249 g/mol. The summed E-state index contributed by atoms with van der Waals surface area (Å²) >= 11 is 0. The normalized spacial score (nSPS) is 12.4. The highest BCUT2D eigenvalue weighted by molar-refractivity contribution is 5.38. The molecule has 18 heavy (non-hydrogen) atoms. The zero-order chi connectivity index (χ0) is 13.4. The highest BCUT2D eigenvalue weighted by atomic mass is 16.5. The third kappa shape index (κ3) is 4.69. The SMILES string of the molecule is CCCCCCOc1ccc(C)cc1C(C)NC. The summed E-state index contributed by atoms with van der Waals surface area (Å²) in [7, 11) is 1.98. The number of benzene rings is 1. The molecule has 0 aliphatic rings. The number of nitrogens with one attached hydrogen (secondary N) is 1. The highest BCUT2D eigenvalue weighted by Gasteiger charge is 2.10. The number of ether oxygens (including phenoxy) is 1. The van der Waals surface area contributed by atoms with Crippen LogP contribution in [0.1, 0.15) is 56.7 Å². The van der Waals surface area contributed by atoms with Gasteiger partial charge in [0.2, 0.25) is 0 Å². The van der Waals surface area contributed by atoms with Gasteiger partial charge in [-0.2, -0.15) is 0 Å². The Morgan fingerprint density at radius 1 is 1.22 bits per heavy atom. The summed E-state index contributed by atoms with van der Waals surface area (Å²) in [5.41, 5.74) is 2.54. The second kappa shape index (κ2) is 8.15. The van der Waals surface area contributed by atoms with E-state index in [1.54, 1.807) is 0 Å². The lowest BCUT2D eigenvalue weighted by Gasteiger charge is -2.17. The summed E-state index contributed by atoms with van der Waals surface area (Å²) in [6.45, 7) is 7.34. The first kappa shape index (κ1) is 15.0. The molecular weight excluding hydrogens is 222 g/mol. The zero-order valence-corrected chi connectivity index (χ0v) is 12.3. The molecule has 0 aliphatic carbocycles. The molecule has 0 radical (unpaired) electrons. The lowest BCUT2D eigenvalue weighted by molar-refractivity contribution is 0.299. The van der Waals surface area contributed by atoms with E-state index in [1.165, 1.54) is 30.4 Å². The van der Waals surface area contributed by atoms with Crippen molar-refractivity contribution in [2.75, 3.05) is 13.7 Å². The van der Waals surface area contributed by atoms with Crippen molar-refractivity contribution < 1.29 is 4.74 Å². The first-order valence-corrected chi connectivity index (χ1v) is 7.09. The predicted molar refractivity (Wildman–Crippen MR) is 78.3 cm³/mol. The van der Waals surface area contributed by atoms with Gasteiger partial charge in [-0.1, -0.05) is 43.9 Å². The van der Waals surface area contributed by atoms with Crippen LogP contribution in [-0.4, -0.2) is 13.7 Å². The van der Waals surface area contributed by atoms with Gasteiger partial charge in [-0.25, -0.2) is 0 Å². The molecule has 0 aliphatic heterocycles. The summed E-state index contributed by atoms with van der Waals surface area (Å²) < 4.78 is 5.92. The van der Waals surface area contributed by atoms with E-state index < -0.39 is 0 Å². The molecule has 1 aromatic rings. The Morgan fingerprint density at radius 3 is 2.67 bits per heavy atom. The smallest absolute Gasteiger partial charge is 0.124 e. The molecule has 2 nitrogen and oxygen atoms in total. The maximum Gasteiger partial charge on any atom is 0.124 e. The Kier molecular flexibility index (Phi) is 6.81. The van der Waals surface area contributed by atoms with Crippen molar-refractivity contribution in [3.8, 4) is 5.75 Å². The number of aryl methyl sites for hydroxylation is 1. The average molecular weight is 249 g/mol. The van der Waals surface area contributed by atoms with Crippen LogP contribution in [0.3, 0.4) is 0 Å². The second-order valence-corrected chi connectivity index (χ2v) is 4.96. The molecule has 1 unspecified atom stereocenters. The Hall–Kier alpha value is -1.02. The molecule has 1 rings (SSSR count). The van der Waals surface area contributed by atoms with Gasteiger partial charge in [-0.3, -0.25) is 0 Å². The molecule has 0 saturated carbocycles. The van der Waals surface area contributed by atoms with Gasteiger partial charge < -0.3 is 10.1 Å². The Morgan fingerprint density at radius 2 is 2.00 bits per heavy atom. The van der Waals surface area contributed by atoms with Crippen LogP contribution in [0.25, 0.3) is 0 Å². The molecule has 0 heterocycles. The molecule has 0 aromatic heterocycles. The van der Waals surface area contributed by atoms with E-state index in [2.05, 4.69) is 44.3 Å². The standard InChI is InChI=1S/C16H27NO/c1-5-6-7-8-11-18-16-10-9-13(2)12-15(16)14(3)17-4/h9-10,12,14,17H,5-8,11H2,1-4H3. The van der Waals surface area contributed by atoms with Crippen LogP contribution in [0.4, 0.5) is 0 Å². The first-order chi connectivity index (χ1) is 8.69. The summed E-state index contributed by atoms with van der Waals surface area (Å²) in [6.07, 6.45) is 4.98. The van der Waals surface area contributed by atoms with Crippen LogP contribution in [0, 0.1) is 6.92 Å². The number of hydrogen-bond acceptors (Lipinski definition) is 2. The Bertz CT molecular complexity index is 349. The maximum atomic E-state index is 5.92. The predicted octanol–water partition coefficient (Wildman–Crippen LogP) is 4.23. The van der Waals surface area contributed by atoms with Gasteiger partial charge in [-0.05, 0) is 33.4 Å². The topological polar surface area (TPSA) is 21.3 Å². The van der Waals surface area contributed by atoms with E-state index in [0.29, 0.717) is 6.04 Å². The summed E-state index contributed by atoms with van der Waals surface area (Å²) in [5.74, 6) is 1.03. The van der Waals surface area contributed by atoms with Crippen LogP contribution in [-0.2, 0) is 0 Å². The van der Waals surface area contributed by atoms with E-state index in [4.69, 9.17) is 4.74 Å². The Balaban J connectivity index is 2.58. The fraction of sp³-hybridized carbons (Fsp3) is 0.625. The summed E-state index contributed by atoms with van der Waals surface area (Å²) in [4.78, 5) is 0. The molecular formula is C16H27NO. The first-order valence-electron chi connectivity index (χ1n) is 7.09. The van der Waals surface area contributed by atoms with E-state index in [-0.39, 0.29) is 0 Å². The van der Waals surface area contributed by atoms with E-state index in [9.17, 15) is 0 Å². The maximum absolute atomic E-state index is 5.92. The van der Waals surface area contributed by atoms with Crippen LogP contribution in [0.2, 0.25) is 0 Å². The lowest BCUT2D eigenvalue weighted by Crippen LogP contribution is -2.14. The fourth-order valence-electron chi connectivity index (χ4n) is 2.00.